The van der Waals surface area contributed by atoms with Crippen molar-refractivity contribution < 1.29 is 4.74 Å². The van der Waals surface area contributed by atoms with Crippen molar-refractivity contribution in [1.29, 1.82) is 0 Å². The van der Waals surface area contributed by atoms with E-state index in [1.807, 2.05) is 0 Å². The number of alkyl halides is 1. The van der Waals surface area contributed by atoms with Gasteiger partial charge in [-0.15, -0.1) is 0 Å². The zero-order valence-corrected chi connectivity index (χ0v) is 11.7. The SMILES string of the molecule is CC(C)N(CCBr)CCOC(C)(C)C. The van der Waals surface area contributed by atoms with Crippen molar-refractivity contribution in [3.8, 4) is 0 Å². The molecule has 0 rings (SSSR count). The molecule has 86 valence electrons. The van der Waals surface area contributed by atoms with Crippen molar-refractivity contribution >= 4 is 15.9 Å². The normalized spacial score (nSPS) is 12.9. The molecule has 0 bridgehead atoms. The van der Waals surface area contributed by atoms with Crippen LogP contribution in [0.4, 0.5) is 0 Å². The molecule has 0 aromatic rings. The molecule has 0 radical (unpaired) electrons. The van der Waals surface area contributed by atoms with Crippen LogP contribution in [0.3, 0.4) is 0 Å². The van der Waals surface area contributed by atoms with E-state index >= 15 is 0 Å². The van der Waals surface area contributed by atoms with E-state index < -0.39 is 0 Å². The van der Waals surface area contributed by atoms with Crippen LogP contribution >= 0.6 is 15.9 Å². The van der Waals surface area contributed by atoms with Crippen LogP contribution in [0.1, 0.15) is 34.6 Å². The van der Waals surface area contributed by atoms with Crippen LogP contribution in [-0.2, 0) is 4.74 Å². The lowest BCUT2D eigenvalue weighted by Crippen LogP contribution is -2.36. The number of halogens is 1. The van der Waals surface area contributed by atoms with Gasteiger partial charge in [-0.2, -0.15) is 0 Å². The van der Waals surface area contributed by atoms with Crippen molar-refractivity contribution in [2.45, 2.75) is 46.3 Å². The highest BCUT2D eigenvalue weighted by Crippen LogP contribution is 2.07. The first-order valence-electron chi connectivity index (χ1n) is 5.31. The molecule has 0 heterocycles. The Bertz CT molecular complexity index is 143. The second-order valence-corrected chi connectivity index (χ2v) is 5.57. The van der Waals surface area contributed by atoms with E-state index in [0.29, 0.717) is 6.04 Å². The van der Waals surface area contributed by atoms with E-state index in [2.05, 4.69) is 55.4 Å². The molecule has 0 fully saturated rings. The molecule has 3 heteroatoms. The molecule has 0 aromatic carbocycles. The monoisotopic (exact) mass is 265 g/mol. The van der Waals surface area contributed by atoms with Crippen LogP contribution < -0.4 is 0 Å². The van der Waals surface area contributed by atoms with Gasteiger partial charge in [-0.1, -0.05) is 15.9 Å². The standard InChI is InChI=1S/C11H24BrNO/c1-10(2)13(7-6-12)8-9-14-11(3,4)5/h10H,6-9H2,1-5H3. The Balaban J connectivity index is 3.72. The molecule has 14 heavy (non-hydrogen) atoms. The zero-order chi connectivity index (χ0) is 11.2. The molecular formula is C11H24BrNO. The Morgan fingerprint density at radius 3 is 2.14 bits per heavy atom. The maximum atomic E-state index is 5.70. The molecular weight excluding hydrogens is 242 g/mol. The molecule has 0 aliphatic heterocycles. The first-order chi connectivity index (χ1) is 6.37. The van der Waals surface area contributed by atoms with Gasteiger partial charge in [0.25, 0.3) is 0 Å². The molecule has 0 aliphatic rings. The van der Waals surface area contributed by atoms with E-state index in [1.165, 1.54) is 0 Å². The predicted octanol–water partition coefficient (Wildman–Crippen LogP) is 2.91. The van der Waals surface area contributed by atoms with Crippen LogP contribution in [0.2, 0.25) is 0 Å². The van der Waals surface area contributed by atoms with E-state index in [-0.39, 0.29) is 5.60 Å². The lowest BCUT2D eigenvalue weighted by Gasteiger charge is -2.27. The predicted molar refractivity (Wildman–Crippen MR) is 66.2 cm³/mol. The molecule has 0 unspecified atom stereocenters. The lowest BCUT2D eigenvalue weighted by atomic mass is 10.2. The Morgan fingerprint density at radius 1 is 1.21 bits per heavy atom. The van der Waals surface area contributed by atoms with Gasteiger partial charge >= 0.3 is 0 Å². The summed E-state index contributed by atoms with van der Waals surface area (Å²) in [5.74, 6) is 0. The van der Waals surface area contributed by atoms with Crippen LogP contribution in [-0.4, -0.2) is 41.6 Å². The van der Waals surface area contributed by atoms with Gasteiger partial charge in [0.2, 0.25) is 0 Å². The van der Waals surface area contributed by atoms with Crippen LogP contribution in [0.5, 0.6) is 0 Å². The Morgan fingerprint density at radius 2 is 1.79 bits per heavy atom. The summed E-state index contributed by atoms with van der Waals surface area (Å²) >= 11 is 3.47. The highest BCUT2D eigenvalue weighted by molar-refractivity contribution is 9.09. The average molecular weight is 266 g/mol. The summed E-state index contributed by atoms with van der Waals surface area (Å²) in [7, 11) is 0. The summed E-state index contributed by atoms with van der Waals surface area (Å²) in [6.07, 6.45) is 0. The van der Waals surface area contributed by atoms with Gasteiger partial charge in [-0.25, -0.2) is 0 Å². The van der Waals surface area contributed by atoms with Crippen molar-refractivity contribution in [3.63, 3.8) is 0 Å². The summed E-state index contributed by atoms with van der Waals surface area (Å²) in [5.41, 5.74) is -0.0168. The number of rotatable bonds is 6. The number of ether oxygens (including phenoxy) is 1. The molecule has 0 aromatic heterocycles. The summed E-state index contributed by atoms with van der Waals surface area (Å²) in [4.78, 5) is 2.42. The van der Waals surface area contributed by atoms with Crippen LogP contribution in [0.15, 0.2) is 0 Å². The van der Waals surface area contributed by atoms with Crippen molar-refractivity contribution in [2.75, 3.05) is 25.0 Å². The minimum absolute atomic E-state index is 0.0168. The van der Waals surface area contributed by atoms with Crippen molar-refractivity contribution in [1.82, 2.24) is 4.90 Å². The molecule has 0 N–H and O–H groups in total. The first-order valence-corrected chi connectivity index (χ1v) is 6.43. The van der Waals surface area contributed by atoms with Gasteiger partial charge in [0.15, 0.2) is 0 Å². The Kier molecular flexibility index (Phi) is 7.00. The number of hydrogen-bond donors (Lipinski definition) is 0. The van der Waals surface area contributed by atoms with Gasteiger partial charge < -0.3 is 4.74 Å². The largest absolute Gasteiger partial charge is 0.375 e. The smallest absolute Gasteiger partial charge is 0.0600 e. The molecule has 0 atom stereocenters. The fourth-order valence-corrected chi connectivity index (χ4v) is 1.66. The minimum Gasteiger partial charge on any atom is -0.375 e. The first kappa shape index (κ1) is 14.4. The summed E-state index contributed by atoms with van der Waals surface area (Å²) < 4.78 is 5.70. The second kappa shape index (κ2) is 6.81. The van der Waals surface area contributed by atoms with E-state index in [4.69, 9.17) is 4.74 Å². The van der Waals surface area contributed by atoms with Gasteiger partial charge in [0.1, 0.15) is 0 Å². The quantitative estimate of drug-likeness (QED) is 0.685. The topological polar surface area (TPSA) is 12.5 Å². The van der Waals surface area contributed by atoms with E-state index in [1.54, 1.807) is 0 Å². The van der Waals surface area contributed by atoms with E-state index in [9.17, 15) is 0 Å². The van der Waals surface area contributed by atoms with Crippen molar-refractivity contribution in [2.24, 2.45) is 0 Å². The van der Waals surface area contributed by atoms with Gasteiger partial charge in [0, 0.05) is 24.5 Å². The highest BCUT2D eigenvalue weighted by Gasteiger charge is 2.12. The molecule has 0 saturated carbocycles. The summed E-state index contributed by atoms with van der Waals surface area (Å²) in [5, 5.41) is 1.03. The van der Waals surface area contributed by atoms with Crippen LogP contribution in [0.25, 0.3) is 0 Å². The third kappa shape index (κ3) is 7.77. The maximum absolute atomic E-state index is 5.70. The molecule has 0 aliphatic carbocycles. The summed E-state index contributed by atoms with van der Waals surface area (Å²) in [6.45, 7) is 13.6. The minimum atomic E-state index is -0.0168. The van der Waals surface area contributed by atoms with Crippen LogP contribution in [0, 0.1) is 0 Å². The summed E-state index contributed by atoms with van der Waals surface area (Å²) in [6, 6.07) is 0.594. The van der Waals surface area contributed by atoms with Crippen molar-refractivity contribution in [3.05, 3.63) is 0 Å². The van der Waals surface area contributed by atoms with E-state index in [0.717, 1.165) is 25.0 Å². The van der Waals surface area contributed by atoms with Gasteiger partial charge in [0.05, 0.1) is 12.2 Å². The second-order valence-electron chi connectivity index (χ2n) is 4.78. The Hall–Kier alpha value is 0.400. The van der Waals surface area contributed by atoms with Gasteiger partial charge in [-0.05, 0) is 34.6 Å². The molecule has 2 nitrogen and oxygen atoms in total. The third-order valence-electron chi connectivity index (χ3n) is 2.02. The Labute approximate surface area is 97.1 Å². The fourth-order valence-electron chi connectivity index (χ4n) is 1.21. The zero-order valence-electron chi connectivity index (χ0n) is 10.1. The third-order valence-corrected chi connectivity index (χ3v) is 2.37. The maximum Gasteiger partial charge on any atom is 0.0600 e. The van der Waals surface area contributed by atoms with Gasteiger partial charge in [-0.3, -0.25) is 4.90 Å². The fraction of sp³-hybridized carbons (Fsp3) is 1.00. The number of hydrogen-bond acceptors (Lipinski definition) is 2. The molecule has 0 spiro atoms. The number of nitrogens with zero attached hydrogens (tertiary/aromatic N) is 1. The lowest BCUT2D eigenvalue weighted by molar-refractivity contribution is -0.0154. The molecule has 0 saturated heterocycles. The molecule has 0 amide bonds. The highest BCUT2D eigenvalue weighted by atomic mass is 79.9. The average Bonchev–Trinajstić information content (AvgIpc) is 2.00.